The molecule has 2 amide bonds. The number of halogens is 1. The van der Waals surface area contributed by atoms with Crippen LogP contribution in [-0.4, -0.2) is 25.0 Å². The van der Waals surface area contributed by atoms with Crippen molar-refractivity contribution in [1.82, 2.24) is 0 Å². The minimum Gasteiger partial charge on any atom is -0.362 e. The Morgan fingerprint density at radius 2 is 1.48 bits per heavy atom. The Kier molecular flexibility index (Phi) is 7.00. The van der Waals surface area contributed by atoms with Crippen LogP contribution in [0, 0.1) is 6.92 Å². The second-order valence-electron chi connectivity index (χ2n) is 6.41. The van der Waals surface area contributed by atoms with Gasteiger partial charge in [0.05, 0.1) is 0 Å². The van der Waals surface area contributed by atoms with E-state index in [1.165, 1.54) is 0 Å². The van der Waals surface area contributed by atoms with Gasteiger partial charge in [0.1, 0.15) is 13.2 Å². The van der Waals surface area contributed by atoms with Crippen molar-refractivity contribution in [3.63, 3.8) is 0 Å². The summed E-state index contributed by atoms with van der Waals surface area (Å²) in [6, 6.07) is 23.8. The molecule has 3 rings (SSSR count). The van der Waals surface area contributed by atoms with Gasteiger partial charge in [-0.3, -0.25) is 14.5 Å². The highest BCUT2D eigenvalue weighted by atomic mass is 35.5. The van der Waals surface area contributed by atoms with Crippen molar-refractivity contribution in [2.75, 3.05) is 23.4 Å². The number of carbonyl (C=O) groups is 2. The van der Waals surface area contributed by atoms with Crippen LogP contribution in [0.2, 0.25) is 5.02 Å². The van der Waals surface area contributed by atoms with Crippen molar-refractivity contribution in [3.8, 4) is 0 Å². The van der Waals surface area contributed by atoms with Gasteiger partial charge >= 0.3 is 0 Å². The smallest absolute Gasteiger partial charge is 0.257 e. The fourth-order valence-electron chi connectivity index (χ4n) is 2.75. The van der Waals surface area contributed by atoms with Gasteiger partial charge < -0.3 is 10.1 Å². The zero-order chi connectivity index (χ0) is 20.6. The average Bonchev–Trinajstić information content (AvgIpc) is 2.72. The minimum absolute atomic E-state index is 0.230. The van der Waals surface area contributed by atoms with Crippen LogP contribution in [0.25, 0.3) is 0 Å². The Bertz CT molecular complexity index is 938. The summed E-state index contributed by atoms with van der Waals surface area (Å²) >= 11 is 6.06. The number of carbonyl (C=O) groups excluding carboxylic acids is 2. The third-order valence-corrected chi connectivity index (χ3v) is 4.60. The van der Waals surface area contributed by atoms with Crippen molar-refractivity contribution in [1.29, 1.82) is 0 Å². The third-order valence-electron chi connectivity index (χ3n) is 4.19. The van der Waals surface area contributed by atoms with Gasteiger partial charge in [-0.15, -0.1) is 0 Å². The van der Waals surface area contributed by atoms with Gasteiger partial charge in [0.15, 0.2) is 0 Å². The molecule has 0 atom stereocenters. The molecule has 0 heterocycles. The highest BCUT2D eigenvalue weighted by Gasteiger charge is 2.18. The lowest BCUT2D eigenvalue weighted by molar-refractivity contribution is -0.126. The summed E-state index contributed by atoms with van der Waals surface area (Å²) in [4.78, 5) is 26.5. The Hall–Kier alpha value is -3.15. The van der Waals surface area contributed by atoms with E-state index in [1.54, 1.807) is 17.0 Å². The van der Waals surface area contributed by atoms with E-state index in [4.69, 9.17) is 16.3 Å². The number of rotatable bonds is 7. The predicted molar refractivity (Wildman–Crippen MR) is 116 cm³/mol. The van der Waals surface area contributed by atoms with Crippen LogP contribution in [0.15, 0.2) is 78.9 Å². The number of ether oxygens (including phenoxy) is 1. The van der Waals surface area contributed by atoms with Crippen molar-refractivity contribution < 1.29 is 14.3 Å². The minimum atomic E-state index is -0.358. The molecular formula is C23H21ClN2O3. The first-order valence-corrected chi connectivity index (χ1v) is 9.49. The van der Waals surface area contributed by atoms with Crippen LogP contribution in [0.1, 0.15) is 5.56 Å². The third kappa shape index (κ3) is 5.67. The second-order valence-corrected chi connectivity index (χ2v) is 6.81. The largest absolute Gasteiger partial charge is 0.362 e. The van der Waals surface area contributed by atoms with Gasteiger partial charge in [0.25, 0.3) is 5.91 Å². The van der Waals surface area contributed by atoms with Crippen LogP contribution in [0.4, 0.5) is 17.1 Å². The Morgan fingerprint density at radius 3 is 2.03 bits per heavy atom. The van der Waals surface area contributed by atoms with Crippen LogP contribution in [0.3, 0.4) is 0 Å². The van der Waals surface area contributed by atoms with Crippen LogP contribution < -0.4 is 10.2 Å². The molecule has 148 valence electrons. The summed E-state index contributed by atoms with van der Waals surface area (Å²) in [6.45, 7) is 1.41. The maximum absolute atomic E-state index is 12.8. The molecule has 0 saturated heterocycles. The SMILES string of the molecule is Cc1ccc(NC(=O)COCC(=O)N(c2ccccc2)c2ccccc2)cc1Cl. The van der Waals surface area contributed by atoms with E-state index in [-0.39, 0.29) is 25.0 Å². The molecular weight excluding hydrogens is 388 g/mol. The molecule has 0 spiro atoms. The lowest BCUT2D eigenvalue weighted by atomic mass is 10.2. The average molecular weight is 409 g/mol. The van der Waals surface area contributed by atoms with E-state index in [0.717, 1.165) is 16.9 Å². The number of para-hydroxylation sites is 2. The highest BCUT2D eigenvalue weighted by molar-refractivity contribution is 6.31. The van der Waals surface area contributed by atoms with Crippen LogP contribution >= 0.6 is 11.6 Å². The van der Waals surface area contributed by atoms with Crippen LogP contribution in [0.5, 0.6) is 0 Å². The fraction of sp³-hybridized carbons (Fsp3) is 0.130. The van der Waals surface area contributed by atoms with E-state index in [2.05, 4.69) is 5.32 Å². The van der Waals surface area contributed by atoms with E-state index in [0.29, 0.717) is 10.7 Å². The summed E-state index contributed by atoms with van der Waals surface area (Å²) < 4.78 is 5.37. The molecule has 0 fully saturated rings. The molecule has 0 unspecified atom stereocenters. The van der Waals surface area contributed by atoms with Gasteiger partial charge in [-0.05, 0) is 48.9 Å². The molecule has 3 aromatic carbocycles. The van der Waals surface area contributed by atoms with E-state index in [9.17, 15) is 9.59 Å². The number of aryl methyl sites for hydroxylation is 1. The molecule has 6 heteroatoms. The van der Waals surface area contributed by atoms with Gasteiger partial charge in [0.2, 0.25) is 5.91 Å². The molecule has 0 bridgehead atoms. The zero-order valence-corrected chi connectivity index (χ0v) is 16.7. The maximum Gasteiger partial charge on any atom is 0.257 e. The van der Waals surface area contributed by atoms with E-state index in [1.807, 2.05) is 73.7 Å². The number of amides is 2. The molecule has 0 aliphatic carbocycles. The quantitative estimate of drug-likeness (QED) is 0.600. The van der Waals surface area contributed by atoms with Gasteiger partial charge in [0, 0.05) is 22.1 Å². The first kappa shape index (κ1) is 20.6. The standard InChI is InChI=1S/C23H21ClN2O3/c1-17-12-13-18(14-21(17)24)25-22(27)15-29-16-23(28)26(19-8-4-2-5-9-19)20-10-6-3-7-11-20/h2-14H,15-16H2,1H3,(H,25,27). The molecule has 0 aromatic heterocycles. The van der Waals surface area contributed by atoms with E-state index >= 15 is 0 Å². The number of nitrogens with one attached hydrogen (secondary N) is 1. The van der Waals surface area contributed by atoms with Gasteiger partial charge in [-0.25, -0.2) is 0 Å². The van der Waals surface area contributed by atoms with Crippen molar-refractivity contribution in [2.24, 2.45) is 0 Å². The van der Waals surface area contributed by atoms with E-state index < -0.39 is 0 Å². The molecule has 29 heavy (non-hydrogen) atoms. The summed E-state index contributed by atoms with van der Waals surface area (Å²) in [5, 5.41) is 3.27. The van der Waals surface area contributed by atoms with Gasteiger partial charge in [-0.2, -0.15) is 0 Å². The fourth-order valence-corrected chi connectivity index (χ4v) is 2.94. The first-order chi connectivity index (χ1) is 14.0. The molecule has 0 aliphatic heterocycles. The van der Waals surface area contributed by atoms with Gasteiger partial charge in [-0.1, -0.05) is 54.1 Å². The molecule has 0 aliphatic rings. The molecule has 3 aromatic rings. The van der Waals surface area contributed by atoms with Crippen molar-refractivity contribution >= 4 is 40.5 Å². The molecule has 5 nitrogen and oxygen atoms in total. The lowest BCUT2D eigenvalue weighted by Gasteiger charge is -2.23. The molecule has 0 saturated carbocycles. The normalized spacial score (nSPS) is 10.4. The van der Waals surface area contributed by atoms with Crippen molar-refractivity contribution in [2.45, 2.75) is 6.92 Å². The monoisotopic (exact) mass is 408 g/mol. The summed E-state index contributed by atoms with van der Waals surface area (Å²) in [6.07, 6.45) is 0. The Morgan fingerprint density at radius 1 is 0.897 bits per heavy atom. The van der Waals surface area contributed by atoms with Crippen molar-refractivity contribution in [3.05, 3.63) is 89.4 Å². The zero-order valence-electron chi connectivity index (χ0n) is 16.0. The Balaban J connectivity index is 1.60. The number of hydrogen-bond donors (Lipinski definition) is 1. The number of benzene rings is 3. The lowest BCUT2D eigenvalue weighted by Crippen LogP contribution is -2.31. The highest BCUT2D eigenvalue weighted by Crippen LogP contribution is 2.25. The summed E-state index contributed by atoms with van der Waals surface area (Å²) in [5.41, 5.74) is 2.96. The summed E-state index contributed by atoms with van der Waals surface area (Å²) in [7, 11) is 0. The topological polar surface area (TPSA) is 58.6 Å². The molecule has 1 N–H and O–H groups in total. The number of nitrogens with zero attached hydrogens (tertiary/aromatic N) is 1. The predicted octanol–water partition coefficient (Wildman–Crippen LogP) is 4.97. The second kappa shape index (κ2) is 9.87. The first-order valence-electron chi connectivity index (χ1n) is 9.11. The Labute approximate surface area is 174 Å². The number of hydrogen-bond acceptors (Lipinski definition) is 3. The number of anilines is 3. The maximum atomic E-state index is 12.8. The summed E-state index contributed by atoms with van der Waals surface area (Å²) in [5.74, 6) is -0.628. The molecule has 0 radical (unpaired) electrons. The van der Waals surface area contributed by atoms with Crippen LogP contribution in [-0.2, 0) is 14.3 Å².